The predicted octanol–water partition coefficient (Wildman–Crippen LogP) is 3.13. The minimum Gasteiger partial charge on any atom is -0.323 e. The average molecular weight is 201 g/mol. The van der Waals surface area contributed by atoms with Crippen LogP contribution in [0.2, 0.25) is 0 Å². The van der Waals surface area contributed by atoms with E-state index in [0.717, 1.165) is 18.5 Å². The molecule has 0 aromatic heterocycles. The van der Waals surface area contributed by atoms with E-state index >= 15 is 0 Å². The molecule has 1 saturated carbocycles. The van der Waals surface area contributed by atoms with Crippen LogP contribution in [0.5, 0.6) is 0 Å². The molecule has 1 aliphatic rings. The number of allylic oxidation sites excluding steroid dienone is 1. The van der Waals surface area contributed by atoms with E-state index in [2.05, 4.69) is 5.32 Å². The summed E-state index contributed by atoms with van der Waals surface area (Å²) in [5, 5.41) is 2.85. The molecule has 1 aliphatic carbocycles. The second-order valence-corrected chi connectivity index (χ2v) is 3.86. The van der Waals surface area contributed by atoms with Gasteiger partial charge in [-0.05, 0) is 37.8 Å². The molecule has 15 heavy (non-hydrogen) atoms. The highest BCUT2D eigenvalue weighted by Crippen LogP contribution is 2.23. The standard InChI is InChI=1S/C13H15NO/c15-13(10-11-6-4-5-7-11)14-12-8-2-1-3-9-12/h1-3,8-10H,4-7H2,(H,14,15). The summed E-state index contributed by atoms with van der Waals surface area (Å²) in [5.41, 5.74) is 2.14. The van der Waals surface area contributed by atoms with E-state index in [0.29, 0.717) is 0 Å². The Morgan fingerprint density at radius 1 is 1.13 bits per heavy atom. The van der Waals surface area contributed by atoms with Gasteiger partial charge in [0.05, 0.1) is 0 Å². The number of hydrogen-bond donors (Lipinski definition) is 1. The molecule has 0 heterocycles. The summed E-state index contributed by atoms with van der Waals surface area (Å²) < 4.78 is 0. The number of para-hydroxylation sites is 1. The van der Waals surface area contributed by atoms with Crippen LogP contribution in [0.15, 0.2) is 42.0 Å². The van der Waals surface area contributed by atoms with Crippen molar-refractivity contribution < 1.29 is 4.79 Å². The minimum atomic E-state index is -0.00176. The summed E-state index contributed by atoms with van der Waals surface area (Å²) >= 11 is 0. The Kier molecular flexibility index (Phi) is 3.18. The van der Waals surface area contributed by atoms with Gasteiger partial charge in [0, 0.05) is 11.8 Å². The molecule has 0 radical (unpaired) electrons. The van der Waals surface area contributed by atoms with Crippen molar-refractivity contribution in [3.63, 3.8) is 0 Å². The largest absolute Gasteiger partial charge is 0.323 e. The van der Waals surface area contributed by atoms with E-state index in [1.54, 1.807) is 6.08 Å². The van der Waals surface area contributed by atoms with Crippen LogP contribution in [0.1, 0.15) is 25.7 Å². The molecule has 0 bridgehead atoms. The van der Waals surface area contributed by atoms with Crippen LogP contribution in [0.25, 0.3) is 0 Å². The summed E-state index contributed by atoms with van der Waals surface area (Å²) in [6.45, 7) is 0. The van der Waals surface area contributed by atoms with Gasteiger partial charge in [0.25, 0.3) is 0 Å². The zero-order chi connectivity index (χ0) is 10.5. The van der Waals surface area contributed by atoms with Gasteiger partial charge in [-0.3, -0.25) is 4.79 Å². The first kappa shape index (κ1) is 9.97. The maximum Gasteiger partial charge on any atom is 0.248 e. The molecule has 0 unspecified atom stereocenters. The maximum atomic E-state index is 11.6. The van der Waals surface area contributed by atoms with Gasteiger partial charge in [-0.1, -0.05) is 23.8 Å². The predicted molar refractivity (Wildman–Crippen MR) is 61.6 cm³/mol. The van der Waals surface area contributed by atoms with Crippen molar-refractivity contribution in [1.82, 2.24) is 0 Å². The first-order valence-corrected chi connectivity index (χ1v) is 5.40. The van der Waals surface area contributed by atoms with Crippen molar-refractivity contribution >= 4 is 11.6 Å². The second kappa shape index (κ2) is 4.78. The van der Waals surface area contributed by atoms with E-state index in [1.165, 1.54) is 18.4 Å². The summed E-state index contributed by atoms with van der Waals surface area (Å²) in [7, 11) is 0. The van der Waals surface area contributed by atoms with Crippen molar-refractivity contribution in [2.45, 2.75) is 25.7 Å². The van der Waals surface area contributed by atoms with Gasteiger partial charge in [-0.2, -0.15) is 0 Å². The highest BCUT2D eigenvalue weighted by Gasteiger charge is 2.08. The Bertz CT molecular complexity index is 359. The summed E-state index contributed by atoms with van der Waals surface area (Å²) in [6, 6.07) is 9.55. The fourth-order valence-corrected chi connectivity index (χ4v) is 1.86. The van der Waals surface area contributed by atoms with Crippen LogP contribution in [0.4, 0.5) is 5.69 Å². The van der Waals surface area contributed by atoms with E-state index in [4.69, 9.17) is 0 Å². The normalized spacial score (nSPS) is 15.1. The summed E-state index contributed by atoms with van der Waals surface area (Å²) in [6.07, 6.45) is 6.37. The van der Waals surface area contributed by atoms with Gasteiger partial charge in [-0.25, -0.2) is 0 Å². The zero-order valence-corrected chi connectivity index (χ0v) is 8.70. The molecule has 0 spiro atoms. The number of carbonyl (C=O) groups excluding carboxylic acids is 1. The SMILES string of the molecule is O=C(C=C1CCCC1)Nc1ccccc1. The van der Waals surface area contributed by atoms with Crippen LogP contribution in [0, 0.1) is 0 Å². The molecule has 1 amide bonds. The Labute approximate surface area is 90.0 Å². The minimum absolute atomic E-state index is 0.00176. The molecule has 78 valence electrons. The number of anilines is 1. The number of rotatable bonds is 2. The third-order valence-electron chi connectivity index (χ3n) is 2.62. The molecule has 2 rings (SSSR count). The average Bonchev–Trinajstić information content (AvgIpc) is 2.71. The molecular weight excluding hydrogens is 186 g/mol. The van der Waals surface area contributed by atoms with Crippen LogP contribution in [0.3, 0.4) is 0 Å². The number of hydrogen-bond acceptors (Lipinski definition) is 1. The quantitative estimate of drug-likeness (QED) is 0.732. The van der Waals surface area contributed by atoms with E-state index in [-0.39, 0.29) is 5.91 Å². The lowest BCUT2D eigenvalue weighted by molar-refractivity contribution is -0.112. The van der Waals surface area contributed by atoms with Gasteiger partial charge in [0.1, 0.15) is 0 Å². The molecule has 2 nitrogen and oxygen atoms in total. The van der Waals surface area contributed by atoms with Crippen molar-refractivity contribution in [2.75, 3.05) is 5.32 Å². The number of amides is 1. The highest BCUT2D eigenvalue weighted by molar-refractivity contribution is 5.99. The maximum absolute atomic E-state index is 11.6. The number of carbonyl (C=O) groups is 1. The topological polar surface area (TPSA) is 29.1 Å². The van der Waals surface area contributed by atoms with Crippen LogP contribution in [-0.2, 0) is 4.79 Å². The van der Waals surface area contributed by atoms with Gasteiger partial charge in [0.2, 0.25) is 5.91 Å². The van der Waals surface area contributed by atoms with E-state index in [9.17, 15) is 4.79 Å². The zero-order valence-electron chi connectivity index (χ0n) is 8.70. The number of nitrogens with one attached hydrogen (secondary N) is 1. The first-order chi connectivity index (χ1) is 7.34. The molecule has 0 atom stereocenters. The van der Waals surface area contributed by atoms with Crippen LogP contribution in [-0.4, -0.2) is 5.91 Å². The molecule has 1 aromatic carbocycles. The van der Waals surface area contributed by atoms with E-state index in [1.807, 2.05) is 30.3 Å². The van der Waals surface area contributed by atoms with Crippen molar-refractivity contribution in [3.8, 4) is 0 Å². The van der Waals surface area contributed by atoms with Gasteiger partial charge < -0.3 is 5.32 Å². The van der Waals surface area contributed by atoms with Crippen LogP contribution >= 0.6 is 0 Å². The summed E-state index contributed by atoms with van der Waals surface area (Å²) in [4.78, 5) is 11.6. The van der Waals surface area contributed by atoms with Crippen molar-refractivity contribution in [3.05, 3.63) is 42.0 Å². The molecule has 2 heteroatoms. The lowest BCUT2D eigenvalue weighted by Gasteiger charge is -2.01. The van der Waals surface area contributed by atoms with Crippen LogP contribution < -0.4 is 5.32 Å². The Morgan fingerprint density at radius 3 is 2.47 bits per heavy atom. The lowest BCUT2D eigenvalue weighted by Crippen LogP contribution is -2.08. The molecule has 1 aromatic rings. The Hall–Kier alpha value is -1.57. The summed E-state index contributed by atoms with van der Waals surface area (Å²) in [5.74, 6) is -0.00176. The molecule has 1 fully saturated rings. The molecular formula is C13H15NO. The molecule has 1 N–H and O–H groups in total. The monoisotopic (exact) mass is 201 g/mol. The first-order valence-electron chi connectivity index (χ1n) is 5.40. The smallest absolute Gasteiger partial charge is 0.248 e. The second-order valence-electron chi connectivity index (χ2n) is 3.86. The molecule has 0 saturated heterocycles. The molecule has 0 aliphatic heterocycles. The van der Waals surface area contributed by atoms with Crippen molar-refractivity contribution in [1.29, 1.82) is 0 Å². The highest BCUT2D eigenvalue weighted by atomic mass is 16.1. The number of benzene rings is 1. The Balaban J connectivity index is 1.95. The fourth-order valence-electron chi connectivity index (χ4n) is 1.86. The van der Waals surface area contributed by atoms with Gasteiger partial charge >= 0.3 is 0 Å². The van der Waals surface area contributed by atoms with Gasteiger partial charge in [-0.15, -0.1) is 0 Å². The lowest BCUT2D eigenvalue weighted by atomic mass is 10.2. The van der Waals surface area contributed by atoms with E-state index < -0.39 is 0 Å². The third-order valence-corrected chi connectivity index (χ3v) is 2.62. The Morgan fingerprint density at radius 2 is 1.80 bits per heavy atom. The fraction of sp³-hybridized carbons (Fsp3) is 0.308. The third kappa shape index (κ3) is 2.94. The van der Waals surface area contributed by atoms with Gasteiger partial charge in [0.15, 0.2) is 0 Å². The van der Waals surface area contributed by atoms with Crippen molar-refractivity contribution in [2.24, 2.45) is 0 Å².